The van der Waals surface area contributed by atoms with Crippen LogP contribution in [0.4, 0.5) is 13.2 Å². The molecule has 0 aliphatic rings. The van der Waals surface area contributed by atoms with Crippen molar-refractivity contribution in [2.24, 2.45) is 0 Å². The van der Waals surface area contributed by atoms with Gasteiger partial charge in [0, 0.05) is 4.47 Å². The minimum absolute atomic E-state index is 0.00470. The van der Waals surface area contributed by atoms with E-state index in [2.05, 4.69) is 20.9 Å². The molecule has 0 radical (unpaired) electrons. The summed E-state index contributed by atoms with van der Waals surface area (Å²) >= 11 is 9.14. The fourth-order valence-corrected chi connectivity index (χ4v) is 2.67. The normalized spacial score (nSPS) is 11.3. The first-order chi connectivity index (χ1) is 10.0. The number of hydrogen-bond acceptors (Lipinski definition) is 1. The number of hydrogen-bond donors (Lipinski definition) is 0. The molecule has 0 bridgehead atoms. The van der Waals surface area contributed by atoms with Gasteiger partial charge in [-0.2, -0.15) is 0 Å². The summed E-state index contributed by atoms with van der Waals surface area (Å²) in [7, 11) is 0. The van der Waals surface area contributed by atoms with Crippen molar-refractivity contribution >= 4 is 38.6 Å². The van der Waals surface area contributed by atoms with Gasteiger partial charge in [0.15, 0.2) is 17.5 Å². The highest BCUT2D eigenvalue weighted by molar-refractivity contribution is 9.10. The van der Waals surface area contributed by atoms with E-state index in [9.17, 15) is 13.2 Å². The highest BCUT2D eigenvalue weighted by Gasteiger charge is 2.19. The van der Waals surface area contributed by atoms with Crippen LogP contribution in [-0.4, -0.2) is 9.55 Å². The lowest BCUT2D eigenvalue weighted by Gasteiger charge is -2.10. The van der Waals surface area contributed by atoms with Crippen LogP contribution in [0.25, 0.3) is 16.7 Å². The zero-order valence-corrected chi connectivity index (χ0v) is 12.7. The molecule has 1 heterocycles. The Morgan fingerprint density at radius 2 is 1.86 bits per heavy atom. The maximum atomic E-state index is 14.1. The van der Waals surface area contributed by atoms with Crippen molar-refractivity contribution in [1.82, 2.24) is 9.55 Å². The maximum absolute atomic E-state index is 14.1. The van der Waals surface area contributed by atoms with Crippen LogP contribution in [0, 0.1) is 17.5 Å². The van der Waals surface area contributed by atoms with Gasteiger partial charge in [0.1, 0.15) is 5.82 Å². The Morgan fingerprint density at radius 1 is 1.10 bits per heavy atom. The maximum Gasteiger partial charge on any atom is 0.196 e. The first kappa shape index (κ1) is 14.4. The summed E-state index contributed by atoms with van der Waals surface area (Å²) in [5.74, 6) is -3.69. The number of imidazole rings is 1. The fourth-order valence-electron chi connectivity index (χ4n) is 2.15. The number of alkyl halides is 1. The number of halogens is 5. The third-order valence-electron chi connectivity index (χ3n) is 3.06. The molecule has 0 fully saturated rings. The molecule has 0 unspecified atom stereocenters. The van der Waals surface area contributed by atoms with Crippen molar-refractivity contribution in [2.75, 3.05) is 0 Å². The van der Waals surface area contributed by atoms with Gasteiger partial charge in [0.25, 0.3) is 0 Å². The summed E-state index contributed by atoms with van der Waals surface area (Å²) in [6.45, 7) is 0. The Balaban J connectivity index is 2.38. The molecule has 0 aliphatic heterocycles. The molecule has 3 aromatic rings. The van der Waals surface area contributed by atoms with E-state index in [-0.39, 0.29) is 11.6 Å². The summed E-state index contributed by atoms with van der Waals surface area (Å²) in [5.41, 5.74) is 0.994. The van der Waals surface area contributed by atoms with Crippen molar-refractivity contribution in [3.05, 3.63) is 58.1 Å². The van der Waals surface area contributed by atoms with Gasteiger partial charge >= 0.3 is 0 Å². The quantitative estimate of drug-likeness (QED) is 0.458. The SMILES string of the molecule is Fc1ccc(-n2c(CCl)nc3ccc(Br)cc32)c(F)c1F. The van der Waals surface area contributed by atoms with Crippen molar-refractivity contribution in [3.63, 3.8) is 0 Å². The molecule has 0 saturated heterocycles. The Labute approximate surface area is 131 Å². The minimum Gasteiger partial charge on any atom is -0.292 e. The summed E-state index contributed by atoms with van der Waals surface area (Å²) in [6.07, 6.45) is 0. The van der Waals surface area contributed by atoms with Gasteiger partial charge in [-0.15, -0.1) is 11.6 Å². The predicted octanol–water partition coefficient (Wildman–Crippen LogP) is 4.94. The van der Waals surface area contributed by atoms with Crippen LogP contribution in [0.1, 0.15) is 5.82 Å². The first-order valence-electron chi connectivity index (χ1n) is 5.89. The number of nitrogens with zero attached hydrogens (tertiary/aromatic N) is 2. The largest absolute Gasteiger partial charge is 0.292 e. The molecule has 0 spiro atoms. The second kappa shape index (κ2) is 5.35. The van der Waals surface area contributed by atoms with Crippen LogP contribution in [0.5, 0.6) is 0 Å². The van der Waals surface area contributed by atoms with Gasteiger partial charge in [0.2, 0.25) is 0 Å². The van der Waals surface area contributed by atoms with Crippen LogP contribution >= 0.6 is 27.5 Å². The van der Waals surface area contributed by atoms with Gasteiger partial charge in [-0.25, -0.2) is 18.2 Å². The second-order valence-electron chi connectivity index (χ2n) is 4.32. The lowest BCUT2D eigenvalue weighted by molar-refractivity contribution is 0.444. The molecule has 108 valence electrons. The highest BCUT2D eigenvalue weighted by atomic mass is 79.9. The molecule has 0 N–H and O–H groups in total. The van der Waals surface area contributed by atoms with Gasteiger partial charge in [-0.3, -0.25) is 4.57 Å². The van der Waals surface area contributed by atoms with Gasteiger partial charge in [-0.05, 0) is 30.3 Å². The van der Waals surface area contributed by atoms with Crippen molar-refractivity contribution in [2.45, 2.75) is 5.88 Å². The minimum atomic E-state index is -1.52. The molecule has 1 aromatic heterocycles. The average molecular weight is 376 g/mol. The van der Waals surface area contributed by atoms with E-state index in [1.165, 1.54) is 4.57 Å². The Kier molecular flexibility index (Phi) is 3.67. The standard InChI is InChI=1S/C14H7BrClF3N2/c15-7-1-3-9-11(5-7)21(12(6-16)20-9)10-4-2-8(17)13(18)14(10)19/h1-5H,6H2. The second-order valence-corrected chi connectivity index (χ2v) is 5.51. The smallest absolute Gasteiger partial charge is 0.196 e. The van der Waals surface area contributed by atoms with Crippen LogP contribution in [-0.2, 0) is 5.88 Å². The van der Waals surface area contributed by atoms with Crippen molar-refractivity contribution in [3.8, 4) is 5.69 Å². The molecule has 0 atom stereocenters. The average Bonchev–Trinajstić information content (AvgIpc) is 2.83. The molecular weight excluding hydrogens is 369 g/mol. The number of fused-ring (bicyclic) bond motifs is 1. The van der Waals surface area contributed by atoms with Gasteiger partial charge < -0.3 is 0 Å². The highest BCUT2D eigenvalue weighted by Crippen LogP contribution is 2.28. The molecule has 0 amide bonds. The summed E-state index contributed by atoms with van der Waals surface area (Å²) in [6, 6.07) is 7.24. The van der Waals surface area contributed by atoms with E-state index >= 15 is 0 Å². The lowest BCUT2D eigenvalue weighted by Crippen LogP contribution is -2.05. The Hall–Kier alpha value is -1.53. The van der Waals surface area contributed by atoms with E-state index in [0.717, 1.165) is 16.6 Å². The van der Waals surface area contributed by atoms with Crippen molar-refractivity contribution in [1.29, 1.82) is 0 Å². The molecule has 0 saturated carbocycles. The number of aromatic nitrogens is 2. The molecule has 0 aliphatic carbocycles. The first-order valence-corrected chi connectivity index (χ1v) is 7.22. The van der Waals surface area contributed by atoms with Gasteiger partial charge in [-0.1, -0.05) is 15.9 Å². The van der Waals surface area contributed by atoms with Crippen LogP contribution < -0.4 is 0 Å². The predicted molar refractivity (Wildman–Crippen MR) is 78.2 cm³/mol. The molecule has 2 nitrogen and oxygen atoms in total. The third-order valence-corrected chi connectivity index (χ3v) is 3.79. The zero-order valence-electron chi connectivity index (χ0n) is 10.4. The molecular formula is C14H7BrClF3N2. The van der Waals surface area contributed by atoms with Gasteiger partial charge in [0.05, 0.1) is 22.6 Å². The van der Waals surface area contributed by atoms with E-state index in [1.54, 1.807) is 18.2 Å². The molecule has 7 heteroatoms. The van der Waals surface area contributed by atoms with E-state index in [4.69, 9.17) is 11.6 Å². The summed E-state index contributed by atoms with van der Waals surface area (Å²) in [4.78, 5) is 4.27. The van der Waals surface area contributed by atoms with E-state index < -0.39 is 17.5 Å². The lowest BCUT2D eigenvalue weighted by atomic mass is 10.2. The monoisotopic (exact) mass is 374 g/mol. The molecule has 3 rings (SSSR count). The molecule has 2 aromatic carbocycles. The summed E-state index contributed by atoms with van der Waals surface area (Å²) in [5, 5.41) is 0. The number of benzene rings is 2. The Bertz CT molecular complexity index is 848. The molecule has 21 heavy (non-hydrogen) atoms. The zero-order chi connectivity index (χ0) is 15.1. The van der Waals surface area contributed by atoms with E-state index in [1.807, 2.05) is 0 Å². The van der Waals surface area contributed by atoms with Crippen molar-refractivity contribution < 1.29 is 13.2 Å². The fraction of sp³-hybridized carbons (Fsp3) is 0.0714. The van der Waals surface area contributed by atoms with Crippen LogP contribution in [0.2, 0.25) is 0 Å². The van der Waals surface area contributed by atoms with Crippen LogP contribution in [0.15, 0.2) is 34.8 Å². The Morgan fingerprint density at radius 3 is 2.57 bits per heavy atom. The van der Waals surface area contributed by atoms with E-state index in [0.29, 0.717) is 16.9 Å². The topological polar surface area (TPSA) is 17.8 Å². The summed E-state index contributed by atoms with van der Waals surface area (Å²) < 4.78 is 42.7. The third kappa shape index (κ3) is 2.32. The van der Waals surface area contributed by atoms with Crippen LogP contribution in [0.3, 0.4) is 0 Å². The number of rotatable bonds is 2.